The average molecular weight is 183 g/mol. The summed E-state index contributed by atoms with van der Waals surface area (Å²) in [5.41, 5.74) is 1.52. The number of oxime groups is 1. The number of hydrogen-bond donors (Lipinski definition) is 1. The first-order valence-electron chi connectivity index (χ1n) is 4.84. The predicted molar refractivity (Wildman–Crippen MR) is 51.9 cm³/mol. The molecule has 2 rings (SSSR count). The molecule has 0 aromatic carbocycles. The fourth-order valence-corrected chi connectivity index (χ4v) is 2.16. The van der Waals surface area contributed by atoms with E-state index in [1.54, 1.807) is 7.11 Å². The van der Waals surface area contributed by atoms with E-state index in [-0.39, 0.29) is 0 Å². The first-order chi connectivity index (χ1) is 6.30. The summed E-state index contributed by atoms with van der Waals surface area (Å²) in [6, 6.07) is 0. The SMILES string of the molecule is CCN1C/C(=N/OC)C2(CNC2)C1. The Balaban J connectivity index is 2.12. The van der Waals surface area contributed by atoms with E-state index in [4.69, 9.17) is 4.84 Å². The van der Waals surface area contributed by atoms with Gasteiger partial charge in [0.05, 0.1) is 11.1 Å². The molecule has 2 fully saturated rings. The van der Waals surface area contributed by atoms with Gasteiger partial charge in [0.2, 0.25) is 0 Å². The van der Waals surface area contributed by atoms with Crippen molar-refractivity contribution in [3.63, 3.8) is 0 Å². The Hall–Kier alpha value is -0.610. The van der Waals surface area contributed by atoms with Crippen LogP contribution in [0, 0.1) is 5.41 Å². The largest absolute Gasteiger partial charge is 0.399 e. The van der Waals surface area contributed by atoms with Gasteiger partial charge in [0.25, 0.3) is 0 Å². The van der Waals surface area contributed by atoms with Gasteiger partial charge < -0.3 is 10.2 Å². The molecule has 0 aromatic heterocycles. The van der Waals surface area contributed by atoms with Crippen LogP contribution in [0.2, 0.25) is 0 Å². The second-order valence-corrected chi connectivity index (χ2v) is 3.91. The van der Waals surface area contributed by atoms with Gasteiger partial charge in [0.15, 0.2) is 0 Å². The summed E-state index contributed by atoms with van der Waals surface area (Å²) in [5.74, 6) is 0. The van der Waals surface area contributed by atoms with Crippen LogP contribution in [0.4, 0.5) is 0 Å². The van der Waals surface area contributed by atoms with Crippen LogP contribution in [0.15, 0.2) is 5.16 Å². The minimum absolute atomic E-state index is 0.298. The van der Waals surface area contributed by atoms with Crippen molar-refractivity contribution < 1.29 is 4.84 Å². The van der Waals surface area contributed by atoms with Crippen molar-refractivity contribution in [3.8, 4) is 0 Å². The molecule has 0 saturated carbocycles. The van der Waals surface area contributed by atoms with E-state index in [2.05, 4.69) is 22.3 Å². The molecule has 13 heavy (non-hydrogen) atoms. The third-order valence-corrected chi connectivity index (χ3v) is 3.09. The molecule has 4 heteroatoms. The zero-order valence-corrected chi connectivity index (χ0v) is 8.34. The van der Waals surface area contributed by atoms with Crippen LogP contribution in [0.3, 0.4) is 0 Å². The lowest BCUT2D eigenvalue weighted by Crippen LogP contribution is -2.58. The summed E-state index contributed by atoms with van der Waals surface area (Å²) >= 11 is 0. The molecule has 2 aliphatic heterocycles. The minimum atomic E-state index is 0.298. The van der Waals surface area contributed by atoms with Gasteiger partial charge in [0.1, 0.15) is 7.11 Å². The van der Waals surface area contributed by atoms with Crippen molar-refractivity contribution in [2.45, 2.75) is 6.92 Å². The standard InChI is InChI=1S/C9H17N3O/c1-3-12-4-8(11-13-2)9(7-12)5-10-6-9/h10H,3-7H2,1-2H3/b11-8-. The molecule has 0 atom stereocenters. The van der Waals surface area contributed by atoms with Crippen LogP contribution < -0.4 is 5.32 Å². The molecule has 1 spiro atoms. The molecule has 0 unspecified atom stereocenters. The third kappa shape index (κ3) is 1.34. The van der Waals surface area contributed by atoms with Gasteiger partial charge in [-0.25, -0.2) is 0 Å². The molecule has 2 aliphatic rings. The van der Waals surface area contributed by atoms with Crippen LogP contribution in [-0.4, -0.2) is 50.4 Å². The van der Waals surface area contributed by atoms with E-state index >= 15 is 0 Å². The molecule has 74 valence electrons. The first kappa shape index (κ1) is 8.97. The monoisotopic (exact) mass is 183 g/mol. The number of hydrogen-bond acceptors (Lipinski definition) is 4. The molecular weight excluding hydrogens is 166 g/mol. The highest BCUT2D eigenvalue weighted by molar-refractivity contribution is 5.95. The molecule has 0 aliphatic carbocycles. The highest BCUT2D eigenvalue weighted by atomic mass is 16.6. The first-order valence-corrected chi connectivity index (χ1v) is 4.84. The van der Waals surface area contributed by atoms with E-state index in [1.165, 1.54) is 5.71 Å². The Morgan fingerprint density at radius 3 is 2.85 bits per heavy atom. The van der Waals surface area contributed by atoms with Gasteiger partial charge in [-0.1, -0.05) is 12.1 Å². The fraction of sp³-hybridized carbons (Fsp3) is 0.889. The Morgan fingerprint density at radius 2 is 2.38 bits per heavy atom. The van der Waals surface area contributed by atoms with Gasteiger partial charge in [-0.05, 0) is 6.54 Å². The van der Waals surface area contributed by atoms with Gasteiger partial charge in [0, 0.05) is 26.2 Å². The van der Waals surface area contributed by atoms with Crippen LogP contribution >= 0.6 is 0 Å². The van der Waals surface area contributed by atoms with Crippen LogP contribution in [0.25, 0.3) is 0 Å². The minimum Gasteiger partial charge on any atom is -0.399 e. The lowest BCUT2D eigenvalue weighted by Gasteiger charge is -2.38. The Bertz CT molecular complexity index is 223. The number of nitrogens with one attached hydrogen (secondary N) is 1. The van der Waals surface area contributed by atoms with Crippen molar-refractivity contribution in [2.75, 3.05) is 39.8 Å². The number of nitrogens with zero attached hydrogens (tertiary/aromatic N) is 2. The van der Waals surface area contributed by atoms with Gasteiger partial charge in [-0.3, -0.25) is 4.90 Å². The summed E-state index contributed by atoms with van der Waals surface area (Å²) in [6.07, 6.45) is 0. The predicted octanol–water partition coefficient (Wildman–Crippen LogP) is -0.0861. The topological polar surface area (TPSA) is 36.9 Å². The van der Waals surface area contributed by atoms with Crippen LogP contribution in [-0.2, 0) is 4.84 Å². The van der Waals surface area contributed by atoms with E-state index < -0.39 is 0 Å². The zero-order chi connectivity index (χ0) is 9.31. The van der Waals surface area contributed by atoms with Crippen molar-refractivity contribution in [2.24, 2.45) is 10.6 Å². The average Bonchev–Trinajstić information content (AvgIpc) is 2.44. The molecule has 0 bridgehead atoms. The second-order valence-electron chi connectivity index (χ2n) is 3.91. The van der Waals surface area contributed by atoms with Gasteiger partial charge in [-0.15, -0.1) is 0 Å². The highest BCUT2D eigenvalue weighted by Crippen LogP contribution is 2.31. The summed E-state index contributed by atoms with van der Waals surface area (Å²) in [5, 5.41) is 7.45. The summed E-state index contributed by atoms with van der Waals surface area (Å²) < 4.78 is 0. The molecule has 1 N–H and O–H groups in total. The van der Waals surface area contributed by atoms with Crippen molar-refractivity contribution in [3.05, 3.63) is 0 Å². The molecule has 0 radical (unpaired) electrons. The Kier molecular flexibility index (Phi) is 2.26. The third-order valence-electron chi connectivity index (χ3n) is 3.09. The smallest absolute Gasteiger partial charge is 0.106 e. The maximum absolute atomic E-state index is 4.88. The molecule has 2 saturated heterocycles. The fourth-order valence-electron chi connectivity index (χ4n) is 2.16. The summed E-state index contributed by atoms with van der Waals surface area (Å²) in [7, 11) is 1.63. The van der Waals surface area contributed by atoms with Gasteiger partial charge >= 0.3 is 0 Å². The quantitative estimate of drug-likeness (QED) is 0.608. The lowest BCUT2D eigenvalue weighted by molar-refractivity contribution is 0.191. The highest BCUT2D eigenvalue weighted by Gasteiger charge is 2.48. The molecule has 2 heterocycles. The molecule has 0 aromatic rings. The summed E-state index contributed by atoms with van der Waals surface area (Å²) in [6.45, 7) is 7.53. The molecule has 4 nitrogen and oxygen atoms in total. The zero-order valence-electron chi connectivity index (χ0n) is 8.34. The molecule has 0 amide bonds. The van der Waals surface area contributed by atoms with E-state index in [9.17, 15) is 0 Å². The molecular formula is C9H17N3O. The van der Waals surface area contributed by atoms with Crippen molar-refractivity contribution >= 4 is 5.71 Å². The maximum atomic E-state index is 4.88. The van der Waals surface area contributed by atoms with E-state index in [1.807, 2.05) is 0 Å². The maximum Gasteiger partial charge on any atom is 0.106 e. The van der Waals surface area contributed by atoms with Crippen molar-refractivity contribution in [1.82, 2.24) is 10.2 Å². The Morgan fingerprint density at radius 1 is 1.62 bits per heavy atom. The Labute approximate surface area is 78.9 Å². The van der Waals surface area contributed by atoms with E-state index in [0.29, 0.717) is 5.41 Å². The summed E-state index contributed by atoms with van der Waals surface area (Å²) in [4.78, 5) is 7.30. The van der Waals surface area contributed by atoms with Crippen LogP contribution in [0.5, 0.6) is 0 Å². The van der Waals surface area contributed by atoms with Gasteiger partial charge in [-0.2, -0.15) is 0 Å². The second kappa shape index (κ2) is 3.27. The van der Waals surface area contributed by atoms with Crippen LogP contribution in [0.1, 0.15) is 6.92 Å². The number of likely N-dealkylation sites (tertiary alicyclic amines) is 1. The van der Waals surface area contributed by atoms with Crippen molar-refractivity contribution in [1.29, 1.82) is 0 Å². The number of rotatable bonds is 2. The van der Waals surface area contributed by atoms with E-state index in [0.717, 1.165) is 32.7 Å². The lowest BCUT2D eigenvalue weighted by atomic mass is 9.79. The normalized spacial score (nSPS) is 29.5.